The maximum atomic E-state index is 11.9. The zero-order chi connectivity index (χ0) is 18.8. The minimum Gasteiger partial charge on any atom is -0.464 e. The zero-order valence-electron chi connectivity index (χ0n) is 15.2. The summed E-state index contributed by atoms with van der Waals surface area (Å²) in [5.74, 6) is -0.424. The van der Waals surface area contributed by atoms with Crippen LogP contribution in [0.2, 0.25) is 0 Å². The van der Waals surface area contributed by atoms with Crippen LogP contribution < -0.4 is 0 Å². The SMILES string of the molecule is C=Cc1[nH]ncc1/C=C/N=C(/C=C/CCCC)c1cc[nH]c1C(=O)OC. The summed E-state index contributed by atoms with van der Waals surface area (Å²) in [5, 5.41) is 6.84. The molecule has 0 atom stereocenters. The van der Waals surface area contributed by atoms with E-state index in [1.165, 1.54) is 7.11 Å². The summed E-state index contributed by atoms with van der Waals surface area (Å²) in [4.78, 5) is 19.4. The Balaban J connectivity index is 2.32. The molecule has 2 aromatic rings. The van der Waals surface area contributed by atoms with Gasteiger partial charge in [0.05, 0.1) is 24.7 Å². The van der Waals surface area contributed by atoms with Gasteiger partial charge in [0.1, 0.15) is 5.69 Å². The van der Waals surface area contributed by atoms with E-state index in [0.29, 0.717) is 17.0 Å². The Morgan fingerprint density at radius 2 is 2.31 bits per heavy atom. The molecule has 0 aromatic carbocycles. The van der Waals surface area contributed by atoms with E-state index in [2.05, 4.69) is 39.8 Å². The van der Waals surface area contributed by atoms with Crippen molar-refractivity contribution in [2.75, 3.05) is 7.11 Å². The van der Waals surface area contributed by atoms with Gasteiger partial charge in [-0.2, -0.15) is 5.10 Å². The summed E-state index contributed by atoms with van der Waals surface area (Å²) >= 11 is 0. The predicted octanol–water partition coefficient (Wildman–Crippen LogP) is 4.37. The fourth-order valence-electron chi connectivity index (χ4n) is 2.37. The number of hydrogen-bond donors (Lipinski definition) is 2. The third-order valence-corrected chi connectivity index (χ3v) is 3.78. The van der Waals surface area contributed by atoms with Gasteiger partial charge in [0.25, 0.3) is 0 Å². The topological polar surface area (TPSA) is 83.1 Å². The van der Waals surface area contributed by atoms with Crippen molar-refractivity contribution in [2.24, 2.45) is 4.99 Å². The van der Waals surface area contributed by atoms with E-state index in [9.17, 15) is 4.79 Å². The van der Waals surface area contributed by atoms with Gasteiger partial charge in [0.15, 0.2) is 0 Å². The fourth-order valence-corrected chi connectivity index (χ4v) is 2.37. The average molecular weight is 352 g/mol. The van der Waals surface area contributed by atoms with E-state index in [-0.39, 0.29) is 0 Å². The lowest BCUT2D eigenvalue weighted by Crippen LogP contribution is -2.08. The smallest absolute Gasteiger partial charge is 0.355 e. The van der Waals surface area contributed by atoms with Gasteiger partial charge >= 0.3 is 5.97 Å². The van der Waals surface area contributed by atoms with Crippen molar-refractivity contribution in [1.29, 1.82) is 0 Å². The quantitative estimate of drug-likeness (QED) is 0.399. The van der Waals surface area contributed by atoms with Crippen LogP contribution in [0.3, 0.4) is 0 Å². The second kappa shape index (κ2) is 9.98. The number of carbonyl (C=O) groups is 1. The van der Waals surface area contributed by atoms with Crippen LogP contribution in [0.5, 0.6) is 0 Å². The highest BCUT2D eigenvalue weighted by Gasteiger charge is 2.15. The van der Waals surface area contributed by atoms with Crippen molar-refractivity contribution in [3.05, 3.63) is 65.9 Å². The van der Waals surface area contributed by atoms with E-state index >= 15 is 0 Å². The number of H-pyrrole nitrogens is 2. The molecule has 0 unspecified atom stereocenters. The number of methoxy groups -OCH3 is 1. The van der Waals surface area contributed by atoms with Crippen molar-refractivity contribution in [3.8, 4) is 0 Å². The number of unbranched alkanes of at least 4 members (excludes halogenated alkanes) is 2. The average Bonchev–Trinajstić information content (AvgIpc) is 3.32. The van der Waals surface area contributed by atoms with Crippen molar-refractivity contribution in [3.63, 3.8) is 0 Å². The number of nitrogens with one attached hydrogen (secondary N) is 2. The Kier molecular flexibility index (Phi) is 7.36. The second-order valence-corrected chi connectivity index (χ2v) is 5.58. The summed E-state index contributed by atoms with van der Waals surface area (Å²) in [6, 6.07) is 1.82. The van der Waals surface area contributed by atoms with E-state index in [4.69, 9.17) is 4.74 Å². The summed E-state index contributed by atoms with van der Waals surface area (Å²) in [6.45, 7) is 5.89. The second-order valence-electron chi connectivity index (χ2n) is 5.58. The Morgan fingerprint density at radius 1 is 1.46 bits per heavy atom. The zero-order valence-corrected chi connectivity index (χ0v) is 15.2. The molecular weight excluding hydrogens is 328 g/mol. The van der Waals surface area contributed by atoms with Crippen LogP contribution in [-0.2, 0) is 4.74 Å². The molecule has 2 aromatic heterocycles. The first-order valence-corrected chi connectivity index (χ1v) is 8.54. The molecule has 0 aliphatic carbocycles. The number of esters is 1. The first-order valence-electron chi connectivity index (χ1n) is 8.54. The van der Waals surface area contributed by atoms with Gasteiger partial charge < -0.3 is 9.72 Å². The van der Waals surface area contributed by atoms with Crippen LogP contribution in [0.25, 0.3) is 12.2 Å². The Hall–Kier alpha value is -3.15. The molecule has 0 saturated carbocycles. The minimum absolute atomic E-state index is 0.384. The van der Waals surface area contributed by atoms with Crippen LogP contribution in [-0.4, -0.2) is 34.0 Å². The standard InChI is InChI=1S/C20H24N4O2/c1-4-6-7-8-9-18(16-11-13-22-19(16)20(25)26-3)21-12-10-15-14-23-24-17(15)5-2/h5,8-14,22H,2,4,6-7H2,1,3H3,(H,23,24)/b9-8+,12-10+,21-18-. The monoisotopic (exact) mass is 352 g/mol. The molecule has 0 fully saturated rings. The molecule has 2 heterocycles. The molecule has 6 nitrogen and oxygen atoms in total. The van der Waals surface area contributed by atoms with Gasteiger partial charge in [-0.3, -0.25) is 10.1 Å². The summed E-state index contributed by atoms with van der Waals surface area (Å²) in [5.41, 5.74) is 3.48. The lowest BCUT2D eigenvalue weighted by Gasteiger charge is -2.02. The maximum absolute atomic E-state index is 11.9. The highest BCUT2D eigenvalue weighted by Crippen LogP contribution is 2.13. The lowest BCUT2D eigenvalue weighted by molar-refractivity contribution is 0.0594. The molecule has 0 radical (unpaired) electrons. The maximum Gasteiger partial charge on any atom is 0.355 e. The van der Waals surface area contributed by atoms with Gasteiger partial charge in [0, 0.05) is 23.5 Å². The number of ether oxygens (including phenoxy) is 1. The molecule has 0 spiro atoms. The Morgan fingerprint density at radius 3 is 3.04 bits per heavy atom. The Bertz CT molecular complexity index is 824. The molecule has 0 aliphatic rings. The highest BCUT2D eigenvalue weighted by molar-refractivity contribution is 6.14. The first kappa shape index (κ1) is 19.2. The number of rotatable bonds is 9. The number of aromatic amines is 2. The predicted molar refractivity (Wildman–Crippen MR) is 105 cm³/mol. The molecule has 136 valence electrons. The third-order valence-electron chi connectivity index (χ3n) is 3.78. The number of hydrogen-bond acceptors (Lipinski definition) is 4. The molecule has 6 heteroatoms. The molecule has 0 amide bonds. The molecule has 0 bridgehead atoms. The van der Waals surface area contributed by atoms with Crippen molar-refractivity contribution >= 4 is 23.8 Å². The number of nitrogens with zero attached hydrogens (tertiary/aromatic N) is 2. The summed E-state index contributed by atoms with van der Waals surface area (Å²) < 4.78 is 4.83. The van der Waals surface area contributed by atoms with Crippen LogP contribution in [0.4, 0.5) is 0 Å². The van der Waals surface area contributed by atoms with Crippen molar-refractivity contribution in [2.45, 2.75) is 26.2 Å². The van der Waals surface area contributed by atoms with Crippen LogP contribution in [0, 0.1) is 0 Å². The molecule has 0 aliphatic heterocycles. The summed E-state index contributed by atoms with van der Waals surface area (Å²) in [6.07, 6.45) is 15.8. The number of allylic oxidation sites excluding steroid dienone is 2. The molecule has 2 rings (SSSR count). The number of aliphatic imine (C=N–C) groups is 1. The highest BCUT2D eigenvalue weighted by atomic mass is 16.5. The van der Waals surface area contributed by atoms with Gasteiger partial charge in [0.2, 0.25) is 0 Å². The fraction of sp³-hybridized carbons (Fsp3) is 0.250. The third kappa shape index (κ3) is 4.92. The van der Waals surface area contributed by atoms with Gasteiger partial charge in [-0.05, 0) is 30.7 Å². The van der Waals surface area contributed by atoms with Gasteiger partial charge in [-0.25, -0.2) is 4.79 Å². The number of aromatic nitrogens is 3. The van der Waals surface area contributed by atoms with Gasteiger partial charge in [-0.1, -0.05) is 32.4 Å². The van der Waals surface area contributed by atoms with E-state index in [1.807, 2.05) is 18.2 Å². The van der Waals surface area contributed by atoms with Crippen LogP contribution in [0.1, 0.15) is 53.5 Å². The molecule has 26 heavy (non-hydrogen) atoms. The molecule has 2 N–H and O–H groups in total. The largest absolute Gasteiger partial charge is 0.464 e. The normalized spacial score (nSPS) is 12.2. The van der Waals surface area contributed by atoms with E-state index in [1.54, 1.807) is 24.7 Å². The van der Waals surface area contributed by atoms with E-state index < -0.39 is 5.97 Å². The lowest BCUT2D eigenvalue weighted by atomic mass is 10.1. The van der Waals surface area contributed by atoms with Gasteiger partial charge in [-0.15, -0.1) is 0 Å². The van der Waals surface area contributed by atoms with Crippen LogP contribution >= 0.6 is 0 Å². The number of carbonyl (C=O) groups excluding carboxylic acids is 1. The van der Waals surface area contributed by atoms with Crippen molar-refractivity contribution < 1.29 is 9.53 Å². The minimum atomic E-state index is -0.424. The summed E-state index contributed by atoms with van der Waals surface area (Å²) in [7, 11) is 1.36. The van der Waals surface area contributed by atoms with E-state index in [0.717, 1.165) is 30.5 Å². The molecular formula is C20H24N4O2. The first-order chi connectivity index (χ1) is 12.7. The van der Waals surface area contributed by atoms with Crippen LogP contribution in [0.15, 0.2) is 48.4 Å². The Labute approximate surface area is 153 Å². The molecule has 0 saturated heterocycles. The van der Waals surface area contributed by atoms with Crippen molar-refractivity contribution in [1.82, 2.24) is 15.2 Å².